The van der Waals surface area contributed by atoms with Gasteiger partial charge in [0.25, 0.3) is 0 Å². The van der Waals surface area contributed by atoms with E-state index in [2.05, 4.69) is 0 Å². The first kappa shape index (κ1) is 15.2. The number of aliphatic hydroxyl groups is 2. The standard InChI is InChI=1S/C15H22O5/c1-10(6-12(17)18)4-5-15(19)13(2)7-11(16)8-14(15,3)20-9-13/h4-6,11,16,19H,7-9H2,1-3H3,(H,17,18)/p-1/b5-4+,10-6+. The maximum atomic E-state index is 11.1. The van der Waals surface area contributed by atoms with Crippen molar-refractivity contribution in [2.45, 2.75) is 50.9 Å². The topological polar surface area (TPSA) is 89.8 Å². The van der Waals surface area contributed by atoms with Gasteiger partial charge in [0.15, 0.2) is 0 Å². The van der Waals surface area contributed by atoms with E-state index in [0.717, 1.165) is 6.08 Å². The van der Waals surface area contributed by atoms with Gasteiger partial charge in [-0.15, -0.1) is 0 Å². The Bertz CT molecular complexity index is 461. The molecule has 4 unspecified atom stereocenters. The number of carbonyl (C=O) groups is 1. The Morgan fingerprint density at radius 3 is 2.60 bits per heavy atom. The summed E-state index contributed by atoms with van der Waals surface area (Å²) < 4.78 is 5.76. The van der Waals surface area contributed by atoms with E-state index in [1.807, 2.05) is 6.92 Å². The van der Waals surface area contributed by atoms with Gasteiger partial charge in [0, 0.05) is 11.8 Å². The smallest absolute Gasteiger partial charge is 0.119 e. The van der Waals surface area contributed by atoms with Crippen LogP contribution < -0.4 is 5.11 Å². The number of allylic oxidation sites excluding steroid dienone is 2. The molecular formula is C15H21O5-. The first-order valence-electron chi connectivity index (χ1n) is 6.75. The highest BCUT2D eigenvalue weighted by molar-refractivity contribution is 5.79. The number of carbonyl (C=O) groups excluding carboxylic acids is 1. The normalized spacial score (nSPS) is 45.0. The van der Waals surface area contributed by atoms with Gasteiger partial charge in [-0.1, -0.05) is 13.0 Å². The van der Waals surface area contributed by atoms with Gasteiger partial charge < -0.3 is 24.9 Å². The number of rotatable bonds is 3. The van der Waals surface area contributed by atoms with Crippen LogP contribution in [-0.4, -0.2) is 40.1 Å². The highest BCUT2D eigenvalue weighted by Crippen LogP contribution is 2.57. The van der Waals surface area contributed by atoms with Crippen LogP contribution in [0, 0.1) is 5.41 Å². The molecular weight excluding hydrogens is 260 g/mol. The fourth-order valence-corrected chi connectivity index (χ4v) is 3.51. The molecule has 0 amide bonds. The minimum Gasteiger partial charge on any atom is -0.545 e. The molecule has 2 fully saturated rings. The fourth-order valence-electron chi connectivity index (χ4n) is 3.51. The minimum absolute atomic E-state index is 0.354. The van der Waals surface area contributed by atoms with Crippen LogP contribution in [-0.2, 0) is 9.53 Å². The van der Waals surface area contributed by atoms with Crippen molar-refractivity contribution in [2.75, 3.05) is 6.61 Å². The highest BCUT2D eigenvalue weighted by Gasteiger charge is 2.67. The number of fused-ring (bicyclic) bond motifs is 2. The molecule has 2 N–H and O–H groups in total. The van der Waals surface area contributed by atoms with Gasteiger partial charge in [-0.25, -0.2) is 0 Å². The zero-order chi connectivity index (χ0) is 15.2. The monoisotopic (exact) mass is 281 g/mol. The molecule has 2 bridgehead atoms. The number of carboxylic acid groups (broad SMARTS) is 1. The number of carboxylic acids is 1. The molecule has 0 aromatic rings. The van der Waals surface area contributed by atoms with Crippen molar-refractivity contribution in [1.29, 1.82) is 0 Å². The van der Waals surface area contributed by atoms with Gasteiger partial charge in [0.05, 0.1) is 18.7 Å². The van der Waals surface area contributed by atoms with Crippen molar-refractivity contribution in [1.82, 2.24) is 0 Å². The lowest BCUT2D eigenvalue weighted by Crippen LogP contribution is -2.60. The SMILES string of the molecule is CC(/C=C/C1(O)C2(C)COC1(C)CC(O)C2)=C\C(=O)[O-]. The van der Waals surface area contributed by atoms with Crippen LogP contribution in [0.5, 0.6) is 0 Å². The molecule has 0 aromatic carbocycles. The summed E-state index contributed by atoms with van der Waals surface area (Å²) in [6.45, 7) is 5.65. The van der Waals surface area contributed by atoms with E-state index >= 15 is 0 Å². The second-order valence-electron chi connectivity index (χ2n) is 6.45. The molecule has 5 heteroatoms. The van der Waals surface area contributed by atoms with Crippen molar-refractivity contribution >= 4 is 5.97 Å². The lowest BCUT2D eigenvalue weighted by atomic mass is 9.59. The van der Waals surface area contributed by atoms with E-state index in [1.165, 1.54) is 0 Å². The molecule has 20 heavy (non-hydrogen) atoms. The summed E-state index contributed by atoms with van der Waals surface area (Å²) in [6.07, 6.45) is 4.45. The van der Waals surface area contributed by atoms with E-state index in [9.17, 15) is 20.1 Å². The zero-order valence-electron chi connectivity index (χ0n) is 12.0. The van der Waals surface area contributed by atoms with E-state index in [0.29, 0.717) is 25.0 Å². The Morgan fingerprint density at radius 1 is 1.40 bits per heavy atom. The molecule has 112 valence electrons. The Labute approximate surface area is 118 Å². The summed E-state index contributed by atoms with van der Waals surface area (Å²) in [6, 6.07) is 0. The Kier molecular flexibility index (Phi) is 3.57. The maximum Gasteiger partial charge on any atom is 0.119 e. The van der Waals surface area contributed by atoms with Crippen molar-refractivity contribution in [3.05, 3.63) is 23.8 Å². The van der Waals surface area contributed by atoms with Crippen LogP contribution in [0.25, 0.3) is 0 Å². The summed E-state index contributed by atoms with van der Waals surface area (Å²) >= 11 is 0. The summed E-state index contributed by atoms with van der Waals surface area (Å²) in [7, 11) is 0. The lowest BCUT2D eigenvalue weighted by molar-refractivity contribution is -0.297. The van der Waals surface area contributed by atoms with Crippen LogP contribution in [0.15, 0.2) is 23.8 Å². The third kappa shape index (κ3) is 2.20. The lowest BCUT2D eigenvalue weighted by Gasteiger charge is -2.49. The van der Waals surface area contributed by atoms with Gasteiger partial charge in [-0.2, -0.15) is 0 Å². The van der Waals surface area contributed by atoms with E-state index in [4.69, 9.17) is 4.74 Å². The van der Waals surface area contributed by atoms with Crippen LogP contribution >= 0.6 is 0 Å². The van der Waals surface area contributed by atoms with E-state index in [-0.39, 0.29) is 0 Å². The third-order valence-corrected chi connectivity index (χ3v) is 4.68. The number of aliphatic hydroxyl groups excluding tert-OH is 1. The molecule has 5 nitrogen and oxygen atoms in total. The maximum absolute atomic E-state index is 11.1. The van der Waals surface area contributed by atoms with Crippen molar-refractivity contribution in [3.63, 3.8) is 0 Å². The second-order valence-corrected chi connectivity index (χ2v) is 6.45. The van der Waals surface area contributed by atoms with Crippen LogP contribution in [0.3, 0.4) is 0 Å². The highest BCUT2D eigenvalue weighted by atomic mass is 16.5. The first-order chi connectivity index (χ1) is 9.12. The molecule has 1 saturated carbocycles. The summed E-state index contributed by atoms with van der Waals surface area (Å²) in [5.41, 5.74) is -2.20. The number of aliphatic carboxylic acids is 1. The molecule has 4 atom stereocenters. The number of hydrogen-bond donors (Lipinski definition) is 2. The predicted molar refractivity (Wildman–Crippen MR) is 70.6 cm³/mol. The quantitative estimate of drug-likeness (QED) is 0.558. The van der Waals surface area contributed by atoms with E-state index in [1.54, 1.807) is 26.0 Å². The molecule has 0 spiro atoms. The molecule has 0 radical (unpaired) electrons. The Morgan fingerprint density at radius 2 is 2.05 bits per heavy atom. The van der Waals surface area contributed by atoms with Gasteiger partial charge in [0.1, 0.15) is 11.2 Å². The molecule has 0 aromatic heterocycles. The minimum atomic E-state index is -1.27. The van der Waals surface area contributed by atoms with Gasteiger partial charge in [-0.05, 0) is 38.0 Å². The molecule has 1 saturated heterocycles. The molecule has 1 aliphatic heterocycles. The summed E-state index contributed by atoms with van der Waals surface area (Å²) in [4.78, 5) is 10.5. The van der Waals surface area contributed by atoms with Crippen LogP contribution in [0.1, 0.15) is 33.6 Å². The van der Waals surface area contributed by atoms with Gasteiger partial charge in [-0.3, -0.25) is 0 Å². The molecule has 1 aliphatic carbocycles. The molecule has 2 rings (SSSR count). The summed E-state index contributed by atoms with van der Waals surface area (Å²) in [5, 5.41) is 31.5. The van der Waals surface area contributed by atoms with Crippen molar-refractivity contribution in [2.24, 2.45) is 5.41 Å². The Hall–Kier alpha value is -1.17. The summed E-state index contributed by atoms with van der Waals surface area (Å²) in [5.74, 6) is -1.27. The van der Waals surface area contributed by atoms with Crippen LogP contribution in [0.2, 0.25) is 0 Å². The van der Waals surface area contributed by atoms with E-state index < -0.39 is 28.7 Å². The van der Waals surface area contributed by atoms with Crippen molar-refractivity contribution in [3.8, 4) is 0 Å². The zero-order valence-corrected chi connectivity index (χ0v) is 12.0. The number of hydrogen-bond acceptors (Lipinski definition) is 5. The second kappa shape index (κ2) is 4.69. The number of ether oxygens (including phenoxy) is 1. The molecule has 1 heterocycles. The first-order valence-corrected chi connectivity index (χ1v) is 6.75. The fraction of sp³-hybridized carbons (Fsp3) is 0.667. The Balaban J connectivity index is 2.34. The largest absolute Gasteiger partial charge is 0.545 e. The average molecular weight is 281 g/mol. The van der Waals surface area contributed by atoms with Gasteiger partial charge in [0.2, 0.25) is 0 Å². The van der Waals surface area contributed by atoms with Crippen molar-refractivity contribution < 1.29 is 24.9 Å². The van der Waals surface area contributed by atoms with Crippen LogP contribution in [0.4, 0.5) is 0 Å². The van der Waals surface area contributed by atoms with Gasteiger partial charge >= 0.3 is 0 Å². The average Bonchev–Trinajstić information content (AvgIpc) is 2.43. The predicted octanol–water partition coefficient (Wildman–Crippen LogP) is -0.0802. The molecule has 2 aliphatic rings. The third-order valence-electron chi connectivity index (χ3n) is 4.68.